The zero-order chi connectivity index (χ0) is 32.2. The molecule has 9 rings (SSSR count). The van der Waals surface area contributed by atoms with Gasteiger partial charge in [-0.05, 0) is 89.5 Å². The number of hydrogen-bond donors (Lipinski definition) is 0. The highest BCUT2D eigenvalue weighted by Gasteiger charge is 2.18. The van der Waals surface area contributed by atoms with Crippen molar-refractivity contribution in [2.24, 2.45) is 0 Å². The molecule has 0 fully saturated rings. The second kappa shape index (κ2) is 10.9. The van der Waals surface area contributed by atoms with E-state index in [1.807, 2.05) is 48.5 Å². The van der Waals surface area contributed by atoms with Crippen molar-refractivity contribution in [1.82, 2.24) is 9.13 Å². The molecular formula is C44H26N4. The van der Waals surface area contributed by atoms with Crippen molar-refractivity contribution in [2.75, 3.05) is 0 Å². The van der Waals surface area contributed by atoms with Crippen molar-refractivity contribution in [1.29, 1.82) is 10.5 Å². The van der Waals surface area contributed by atoms with Crippen LogP contribution in [0.25, 0.3) is 77.2 Å². The van der Waals surface area contributed by atoms with Crippen molar-refractivity contribution in [3.63, 3.8) is 0 Å². The van der Waals surface area contributed by atoms with Crippen LogP contribution >= 0.6 is 0 Å². The second-order valence-corrected chi connectivity index (χ2v) is 12.0. The van der Waals surface area contributed by atoms with Crippen LogP contribution in [0.15, 0.2) is 158 Å². The summed E-state index contributed by atoms with van der Waals surface area (Å²) in [5, 5.41) is 24.6. The Kier molecular flexibility index (Phi) is 6.22. The van der Waals surface area contributed by atoms with Crippen LogP contribution in [0, 0.1) is 22.7 Å². The van der Waals surface area contributed by atoms with E-state index in [4.69, 9.17) is 0 Å². The Morgan fingerprint density at radius 1 is 0.375 bits per heavy atom. The Labute approximate surface area is 277 Å². The standard InChI is InChI=1S/C44H26N4/c45-27-29-18-21-44-40(22-29)38-14-6-9-17-43(38)47(44)34-20-19-31(28-46)39(26-34)33-23-32(30-10-2-1-3-11-30)24-35(25-33)48-41-15-7-4-12-36(41)37-13-5-8-16-42(37)48/h1-26H. The minimum Gasteiger partial charge on any atom is -0.309 e. The van der Waals surface area contributed by atoms with Crippen LogP contribution in [-0.2, 0) is 0 Å². The molecular weight excluding hydrogens is 585 g/mol. The van der Waals surface area contributed by atoms with Gasteiger partial charge >= 0.3 is 0 Å². The van der Waals surface area contributed by atoms with Gasteiger partial charge in [-0.25, -0.2) is 0 Å². The number of nitriles is 2. The maximum Gasteiger partial charge on any atom is 0.0998 e. The normalized spacial score (nSPS) is 11.3. The van der Waals surface area contributed by atoms with Gasteiger partial charge in [-0.2, -0.15) is 10.5 Å². The van der Waals surface area contributed by atoms with Crippen LogP contribution in [0.2, 0.25) is 0 Å². The monoisotopic (exact) mass is 610 g/mol. The van der Waals surface area contributed by atoms with Crippen LogP contribution in [0.3, 0.4) is 0 Å². The van der Waals surface area contributed by atoms with Gasteiger partial charge in [0, 0.05) is 38.5 Å². The van der Waals surface area contributed by atoms with Crippen molar-refractivity contribution in [3.8, 4) is 45.8 Å². The lowest BCUT2D eigenvalue weighted by molar-refractivity contribution is 1.17. The number of rotatable bonds is 4. The molecule has 0 bridgehead atoms. The smallest absolute Gasteiger partial charge is 0.0998 e. The second-order valence-electron chi connectivity index (χ2n) is 12.0. The van der Waals surface area contributed by atoms with Gasteiger partial charge in [0.15, 0.2) is 0 Å². The first-order valence-electron chi connectivity index (χ1n) is 15.9. The van der Waals surface area contributed by atoms with E-state index in [1.165, 1.54) is 10.8 Å². The third kappa shape index (κ3) is 4.22. The molecule has 7 aromatic carbocycles. The maximum absolute atomic E-state index is 10.4. The van der Waals surface area contributed by atoms with Crippen molar-refractivity contribution < 1.29 is 0 Å². The van der Waals surface area contributed by atoms with E-state index in [9.17, 15) is 10.5 Å². The molecule has 0 radical (unpaired) electrons. The number of benzene rings is 7. The Balaban J connectivity index is 1.33. The summed E-state index contributed by atoms with van der Waals surface area (Å²) in [7, 11) is 0. The largest absolute Gasteiger partial charge is 0.309 e. The first kappa shape index (κ1) is 27.4. The molecule has 0 N–H and O–H groups in total. The number of nitrogens with zero attached hydrogens (tertiary/aromatic N) is 4. The first-order chi connectivity index (χ1) is 23.7. The van der Waals surface area contributed by atoms with Crippen LogP contribution in [0.5, 0.6) is 0 Å². The fraction of sp³-hybridized carbons (Fsp3) is 0. The molecule has 222 valence electrons. The number of fused-ring (bicyclic) bond motifs is 6. The van der Waals surface area contributed by atoms with Crippen LogP contribution in [0.1, 0.15) is 11.1 Å². The summed E-state index contributed by atoms with van der Waals surface area (Å²) in [4.78, 5) is 0. The Morgan fingerprint density at radius 2 is 0.938 bits per heavy atom. The predicted octanol–water partition coefficient (Wildman–Crippen LogP) is 11.0. The molecule has 2 aromatic heterocycles. The zero-order valence-electron chi connectivity index (χ0n) is 25.8. The summed E-state index contributed by atoms with van der Waals surface area (Å²) in [6, 6.07) is 59.0. The van der Waals surface area contributed by atoms with E-state index in [0.29, 0.717) is 11.1 Å². The quantitative estimate of drug-likeness (QED) is 0.199. The van der Waals surface area contributed by atoms with Crippen molar-refractivity contribution in [3.05, 3.63) is 169 Å². The molecule has 4 nitrogen and oxygen atoms in total. The molecule has 0 aliphatic carbocycles. The lowest BCUT2D eigenvalue weighted by Gasteiger charge is -2.16. The van der Waals surface area contributed by atoms with E-state index >= 15 is 0 Å². The van der Waals surface area contributed by atoms with Gasteiger partial charge in [0.2, 0.25) is 0 Å². The van der Waals surface area contributed by atoms with E-state index in [-0.39, 0.29) is 0 Å². The minimum atomic E-state index is 0.602. The van der Waals surface area contributed by atoms with E-state index in [0.717, 1.165) is 66.5 Å². The van der Waals surface area contributed by atoms with Gasteiger partial charge in [0.05, 0.1) is 45.3 Å². The molecule has 0 unspecified atom stereocenters. The fourth-order valence-corrected chi connectivity index (χ4v) is 7.22. The van der Waals surface area contributed by atoms with Crippen LogP contribution < -0.4 is 0 Å². The summed E-state index contributed by atoms with van der Waals surface area (Å²) in [6.45, 7) is 0. The number of aromatic nitrogens is 2. The zero-order valence-corrected chi connectivity index (χ0v) is 25.8. The maximum atomic E-state index is 10.4. The molecule has 0 atom stereocenters. The van der Waals surface area contributed by atoms with Gasteiger partial charge in [-0.3, -0.25) is 0 Å². The van der Waals surface area contributed by atoms with Crippen LogP contribution in [-0.4, -0.2) is 9.13 Å². The third-order valence-corrected chi connectivity index (χ3v) is 9.36. The van der Waals surface area contributed by atoms with Gasteiger partial charge < -0.3 is 9.13 Å². The number of para-hydroxylation sites is 3. The number of hydrogen-bond acceptors (Lipinski definition) is 2. The van der Waals surface area contributed by atoms with E-state index in [2.05, 4.69) is 130 Å². The molecule has 0 aliphatic rings. The average Bonchev–Trinajstić information content (AvgIpc) is 3.67. The van der Waals surface area contributed by atoms with Crippen molar-refractivity contribution >= 4 is 43.6 Å². The molecule has 4 heteroatoms. The van der Waals surface area contributed by atoms with Gasteiger partial charge in [-0.15, -0.1) is 0 Å². The molecule has 48 heavy (non-hydrogen) atoms. The molecule has 2 heterocycles. The summed E-state index contributed by atoms with van der Waals surface area (Å²) in [5.41, 5.74) is 11.5. The Morgan fingerprint density at radius 3 is 1.58 bits per heavy atom. The highest BCUT2D eigenvalue weighted by molar-refractivity contribution is 6.10. The SMILES string of the molecule is N#Cc1ccc2c(c1)c1ccccc1n2-c1ccc(C#N)c(-c2cc(-c3ccccc3)cc(-n3c4ccccc4c4ccccc43)c2)c1. The topological polar surface area (TPSA) is 57.4 Å². The van der Waals surface area contributed by atoms with Gasteiger partial charge in [-0.1, -0.05) is 84.9 Å². The molecule has 0 spiro atoms. The highest BCUT2D eigenvalue weighted by atomic mass is 15.0. The Hall–Kier alpha value is -6.88. The summed E-state index contributed by atoms with van der Waals surface area (Å²) in [5.74, 6) is 0. The molecule has 0 amide bonds. The summed E-state index contributed by atoms with van der Waals surface area (Å²) in [6.07, 6.45) is 0. The third-order valence-electron chi connectivity index (χ3n) is 9.36. The van der Waals surface area contributed by atoms with E-state index in [1.54, 1.807) is 0 Å². The molecule has 0 saturated carbocycles. The van der Waals surface area contributed by atoms with E-state index < -0.39 is 0 Å². The lowest BCUT2D eigenvalue weighted by atomic mass is 9.94. The van der Waals surface area contributed by atoms with Gasteiger partial charge in [0.1, 0.15) is 0 Å². The summed E-state index contributed by atoms with van der Waals surface area (Å²) >= 11 is 0. The predicted molar refractivity (Wildman–Crippen MR) is 195 cm³/mol. The molecule has 0 saturated heterocycles. The minimum absolute atomic E-state index is 0.602. The Bertz CT molecular complexity index is 2750. The van der Waals surface area contributed by atoms with Crippen molar-refractivity contribution in [2.45, 2.75) is 0 Å². The highest BCUT2D eigenvalue weighted by Crippen LogP contribution is 2.39. The lowest BCUT2D eigenvalue weighted by Crippen LogP contribution is -1.98. The molecule has 0 aliphatic heterocycles. The average molecular weight is 611 g/mol. The van der Waals surface area contributed by atoms with Gasteiger partial charge in [0.25, 0.3) is 0 Å². The molecule has 9 aromatic rings. The first-order valence-corrected chi connectivity index (χ1v) is 15.9. The van der Waals surface area contributed by atoms with Crippen LogP contribution in [0.4, 0.5) is 0 Å². The summed E-state index contributed by atoms with van der Waals surface area (Å²) < 4.78 is 4.56. The fourth-order valence-electron chi connectivity index (χ4n) is 7.22.